The van der Waals surface area contributed by atoms with Gasteiger partial charge < -0.3 is 5.11 Å². The summed E-state index contributed by atoms with van der Waals surface area (Å²) in [4.78, 5) is 10.9. The monoisotopic (exact) mass is 165 g/mol. The molecule has 0 aliphatic heterocycles. The first kappa shape index (κ1) is 7.05. The van der Waals surface area contributed by atoms with Crippen LogP contribution in [-0.4, -0.2) is 19.7 Å². The van der Waals surface area contributed by atoms with Crippen molar-refractivity contribution in [2.45, 2.75) is 6.61 Å². The third-order valence-electron chi connectivity index (χ3n) is 1.65. The van der Waals surface area contributed by atoms with E-state index in [-0.39, 0.29) is 12.0 Å². The SMILES string of the molecule is O=c1ccn2c(CO)n[nH]c2c1. The number of pyridine rings is 1. The molecule has 2 aromatic rings. The first-order valence-corrected chi connectivity index (χ1v) is 3.48. The fraction of sp³-hybridized carbons (Fsp3) is 0.143. The molecule has 0 atom stereocenters. The molecule has 0 unspecified atom stereocenters. The molecule has 62 valence electrons. The predicted octanol–water partition coefficient (Wildman–Crippen LogP) is -0.485. The molecule has 2 heterocycles. The number of aliphatic hydroxyl groups excluding tert-OH is 1. The summed E-state index contributed by atoms with van der Waals surface area (Å²) < 4.78 is 1.63. The normalized spacial score (nSPS) is 10.8. The molecule has 12 heavy (non-hydrogen) atoms. The Balaban J connectivity index is 2.81. The molecule has 0 saturated heterocycles. The van der Waals surface area contributed by atoms with Crippen molar-refractivity contribution >= 4 is 5.65 Å². The summed E-state index contributed by atoms with van der Waals surface area (Å²) in [5.41, 5.74) is 0.509. The third-order valence-corrected chi connectivity index (χ3v) is 1.65. The lowest BCUT2D eigenvalue weighted by Gasteiger charge is -1.92. The van der Waals surface area contributed by atoms with Gasteiger partial charge in [0.25, 0.3) is 0 Å². The van der Waals surface area contributed by atoms with E-state index in [1.54, 1.807) is 10.6 Å². The van der Waals surface area contributed by atoms with Crippen LogP contribution in [0.3, 0.4) is 0 Å². The van der Waals surface area contributed by atoms with Crippen LogP contribution in [0.25, 0.3) is 5.65 Å². The maximum Gasteiger partial charge on any atom is 0.183 e. The Bertz CT molecular complexity index is 457. The Morgan fingerprint density at radius 3 is 3.25 bits per heavy atom. The molecule has 0 amide bonds. The van der Waals surface area contributed by atoms with Crippen molar-refractivity contribution in [1.82, 2.24) is 14.6 Å². The van der Waals surface area contributed by atoms with Crippen LogP contribution >= 0.6 is 0 Å². The average molecular weight is 165 g/mol. The summed E-state index contributed by atoms with van der Waals surface area (Å²) in [6.45, 7) is -0.150. The number of aromatic amines is 1. The molecule has 0 spiro atoms. The molecule has 2 rings (SSSR count). The van der Waals surface area contributed by atoms with E-state index in [1.807, 2.05) is 0 Å². The van der Waals surface area contributed by atoms with Crippen molar-refractivity contribution < 1.29 is 5.11 Å². The Morgan fingerprint density at radius 1 is 1.67 bits per heavy atom. The maximum absolute atomic E-state index is 10.9. The number of nitrogens with one attached hydrogen (secondary N) is 1. The lowest BCUT2D eigenvalue weighted by Crippen LogP contribution is -2.00. The number of fused-ring (bicyclic) bond motifs is 1. The minimum absolute atomic E-state index is 0.0804. The summed E-state index contributed by atoms with van der Waals surface area (Å²) >= 11 is 0. The van der Waals surface area contributed by atoms with Crippen LogP contribution in [-0.2, 0) is 6.61 Å². The number of hydrogen-bond acceptors (Lipinski definition) is 3. The van der Waals surface area contributed by atoms with Crippen molar-refractivity contribution in [3.05, 3.63) is 34.4 Å². The van der Waals surface area contributed by atoms with Crippen LogP contribution in [0.2, 0.25) is 0 Å². The Labute approximate surface area is 67.3 Å². The van der Waals surface area contributed by atoms with E-state index in [9.17, 15) is 4.79 Å². The Morgan fingerprint density at radius 2 is 2.50 bits per heavy atom. The summed E-state index contributed by atoms with van der Waals surface area (Å²) in [6, 6.07) is 2.84. The van der Waals surface area contributed by atoms with Gasteiger partial charge in [0.05, 0.1) is 0 Å². The number of aliphatic hydroxyl groups is 1. The van der Waals surface area contributed by atoms with Gasteiger partial charge in [0.15, 0.2) is 11.3 Å². The molecule has 2 N–H and O–H groups in total. The molecule has 0 radical (unpaired) electrons. The van der Waals surface area contributed by atoms with Crippen molar-refractivity contribution in [3.8, 4) is 0 Å². The smallest absolute Gasteiger partial charge is 0.183 e. The van der Waals surface area contributed by atoms with E-state index in [1.165, 1.54) is 12.1 Å². The third kappa shape index (κ3) is 0.911. The highest BCUT2D eigenvalue weighted by atomic mass is 16.3. The lowest BCUT2D eigenvalue weighted by atomic mass is 10.4. The molecular formula is C7H7N3O2. The number of rotatable bonds is 1. The van der Waals surface area contributed by atoms with E-state index >= 15 is 0 Å². The van der Waals surface area contributed by atoms with Crippen LogP contribution in [0.15, 0.2) is 23.1 Å². The minimum atomic E-state index is -0.150. The molecule has 0 aliphatic carbocycles. The van der Waals surface area contributed by atoms with Crippen molar-refractivity contribution in [2.75, 3.05) is 0 Å². The van der Waals surface area contributed by atoms with Crippen LogP contribution < -0.4 is 5.43 Å². The van der Waals surface area contributed by atoms with E-state index in [4.69, 9.17) is 5.11 Å². The molecule has 0 saturated carbocycles. The van der Waals surface area contributed by atoms with Gasteiger partial charge in [0, 0.05) is 18.3 Å². The lowest BCUT2D eigenvalue weighted by molar-refractivity contribution is 0.270. The summed E-state index contributed by atoms with van der Waals surface area (Å²) in [5, 5.41) is 15.2. The van der Waals surface area contributed by atoms with Crippen LogP contribution in [0.1, 0.15) is 5.82 Å². The first-order chi connectivity index (χ1) is 5.81. The maximum atomic E-state index is 10.9. The van der Waals surface area contributed by atoms with E-state index in [0.717, 1.165) is 0 Å². The Hall–Kier alpha value is -1.62. The number of hydrogen-bond donors (Lipinski definition) is 2. The van der Waals surface area contributed by atoms with Gasteiger partial charge in [-0.3, -0.25) is 14.3 Å². The molecule has 0 aliphatic rings. The summed E-state index contributed by atoms with van der Waals surface area (Å²) in [6.07, 6.45) is 1.58. The summed E-state index contributed by atoms with van der Waals surface area (Å²) in [7, 11) is 0. The molecule has 5 heteroatoms. The van der Waals surface area contributed by atoms with Gasteiger partial charge in [0.2, 0.25) is 0 Å². The molecule has 5 nitrogen and oxygen atoms in total. The highest BCUT2D eigenvalue weighted by Crippen LogP contribution is 1.98. The fourth-order valence-electron chi connectivity index (χ4n) is 1.08. The summed E-state index contributed by atoms with van der Waals surface area (Å²) in [5.74, 6) is 0.491. The van der Waals surface area contributed by atoms with E-state index in [2.05, 4.69) is 10.2 Å². The second-order valence-corrected chi connectivity index (χ2v) is 2.42. The van der Waals surface area contributed by atoms with Crippen molar-refractivity contribution in [1.29, 1.82) is 0 Å². The first-order valence-electron chi connectivity index (χ1n) is 3.48. The van der Waals surface area contributed by atoms with Gasteiger partial charge >= 0.3 is 0 Å². The van der Waals surface area contributed by atoms with Gasteiger partial charge in [-0.1, -0.05) is 0 Å². The predicted molar refractivity (Wildman–Crippen MR) is 41.7 cm³/mol. The molecule has 2 aromatic heterocycles. The standard InChI is InChI=1S/C7H7N3O2/c11-4-7-9-8-6-3-5(12)1-2-10(6)7/h1-3,8,11H,4H2. The van der Waals surface area contributed by atoms with Crippen molar-refractivity contribution in [2.24, 2.45) is 0 Å². The number of nitrogens with zero attached hydrogens (tertiary/aromatic N) is 2. The number of aromatic nitrogens is 3. The second kappa shape index (κ2) is 2.46. The number of H-pyrrole nitrogens is 1. The van der Waals surface area contributed by atoms with Gasteiger partial charge in [-0.15, -0.1) is 0 Å². The van der Waals surface area contributed by atoms with Crippen molar-refractivity contribution in [3.63, 3.8) is 0 Å². The molecular weight excluding hydrogens is 158 g/mol. The minimum Gasteiger partial charge on any atom is -0.388 e. The van der Waals surface area contributed by atoms with Gasteiger partial charge in [0.1, 0.15) is 12.3 Å². The molecule has 0 aromatic carbocycles. The van der Waals surface area contributed by atoms with E-state index in [0.29, 0.717) is 11.5 Å². The van der Waals surface area contributed by atoms with Gasteiger partial charge in [-0.2, -0.15) is 5.10 Å². The quantitative estimate of drug-likeness (QED) is 0.599. The van der Waals surface area contributed by atoms with Crippen LogP contribution in [0.4, 0.5) is 0 Å². The van der Waals surface area contributed by atoms with E-state index < -0.39 is 0 Å². The Kier molecular flexibility index (Phi) is 1.44. The zero-order valence-corrected chi connectivity index (χ0v) is 6.19. The zero-order chi connectivity index (χ0) is 8.55. The zero-order valence-electron chi connectivity index (χ0n) is 6.19. The molecule has 0 fully saturated rings. The second-order valence-electron chi connectivity index (χ2n) is 2.42. The highest BCUT2D eigenvalue weighted by Gasteiger charge is 2.00. The largest absolute Gasteiger partial charge is 0.388 e. The van der Waals surface area contributed by atoms with Gasteiger partial charge in [-0.25, -0.2) is 0 Å². The topological polar surface area (TPSA) is 70.4 Å². The molecule has 0 bridgehead atoms. The van der Waals surface area contributed by atoms with Gasteiger partial charge in [-0.05, 0) is 0 Å². The fourth-order valence-corrected chi connectivity index (χ4v) is 1.08. The highest BCUT2D eigenvalue weighted by molar-refractivity contribution is 5.36. The average Bonchev–Trinajstić information content (AvgIpc) is 2.46. The van der Waals surface area contributed by atoms with Crippen LogP contribution in [0, 0.1) is 0 Å². The van der Waals surface area contributed by atoms with Crippen LogP contribution in [0.5, 0.6) is 0 Å².